The lowest BCUT2D eigenvalue weighted by Crippen LogP contribution is -2.29. The van der Waals surface area contributed by atoms with Crippen molar-refractivity contribution in [1.82, 2.24) is 24.5 Å². The Morgan fingerprint density at radius 3 is 2.79 bits per heavy atom. The van der Waals surface area contributed by atoms with Gasteiger partial charge in [-0.2, -0.15) is 5.10 Å². The van der Waals surface area contributed by atoms with Crippen LogP contribution in [0.5, 0.6) is 0 Å². The molecule has 1 aromatic carbocycles. The zero-order valence-corrected chi connectivity index (χ0v) is 16.2. The molecule has 1 atom stereocenters. The molecule has 0 unspecified atom stereocenters. The summed E-state index contributed by atoms with van der Waals surface area (Å²) in [5.74, 6) is 1.05. The molecule has 0 spiro atoms. The van der Waals surface area contributed by atoms with Crippen molar-refractivity contribution in [3.8, 4) is 11.1 Å². The quantitative estimate of drug-likeness (QED) is 0.541. The average Bonchev–Trinajstić information content (AvgIpc) is 3.41. The third kappa shape index (κ3) is 3.27. The second-order valence-electron chi connectivity index (χ2n) is 7.48. The lowest BCUT2D eigenvalue weighted by Gasteiger charge is -2.17. The van der Waals surface area contributed by atoms with Crippen LogP contribution in [0.4, 0.5) is 0 Å². The third-order valence-corrected chi connectivity index (χ3v) is 5.56. The number of amides is 1. The predicted molar refractivity (Wildman–Crippen MR) is 111 cm³/mol. The minimum atomic E-state index is 0.0910. The van der Waals surface area contributed by atoms with Crippen LogP contribution in [0.25, 0.3) is 16.8 Å². The molecule has 0 bridgehead atoms. The Bertz CT molecular complexity index is 1180. The van der Waals surface area contributed by atoms with E-state index in [0.29, 0.717) is 6.54 Å². The van der Waals surface area contributed by atoms with Crippen LogP contribution >= 0.6 is 0 Å². The van der Waals surface area contributed by atoms with E-state index in [1.54, 1.807) is 6.20 Å². The van der Waals surface area contributed by atoms with E-state index in [9.17, 15) is 4.79 Å². The Hall–Kier alpha value is -3.54. The summed E-state index contributed by atoms with van der Waals surface area (Å²) in [5.41, 5.74) is 4.69. The summed E-state index contributed by atoms with van der Waals surface area (Å²) in [5, 5.41) is 4.71. The van der Waals surface area contributed by atoms with Crippen molar-refractivity contribution in [2.24, 2.45) is 0 Å². The molecule has 0 N–H and O–H groups in total. The Morgan fingerprint density at radius 2 is 1.97 bits per heavy atom. The summed E-state index contributed by atoms with van der Waals surface area (Å²) in [6.07, 6.45) is 6.46. The largest absolute Gasteiger partial charge is 0.338 e. The van der Waals surface area contributed by atoms with Crippen LogP contribution in [0.3, 0.4) is 0 Å². The molecule has 29 heavy (non-hydrogen) atoms. The van der Waals surface area contributed by atoms with Crippen molar-refractivity contribution in [2.75, 3.05) is 13.1 Å². The molecular weight excluding hydrogens is 362 g/mol. The topological polar surface area (TPSA) is 63.4 Å². The summed E-state index contributed by atoms with van der Waals surface area (Å²) in [6, 6.07) is 15.7. The molecular formula is C23H21N5O. The van der Waals surface area contributed by atoms with Gasteiger partial charge in [0.15, 0.2) is 11.5 Å². The van der Waals surface area contributed by atoms with Crippen LogP contribution in [-0.4, -0.2) is 43.5 Å². The van der Waals surface area contributed by atoms with E-state index in [2.05, 4.69) is 4.98 Å². The number of aromatic nitrogens is 4. The van der Waals surface area contributed by atoms with Gasteiger partial charge in [-0.15, -0.1) is 0 Å². The number of hydrogen-bond acceptors (Lipinski definition) is 4. The SMILES string of the molecule is Cc1ccccc1C(=O)N1CC[C@@H](c2nc3ccc(-c4cccnc4)cn3n2)C1. The van der Waals surface area contributed by atoms with Gasteiger partial charge in [0.05, 0.1) is 0 Å². The van der Waals surface area contributed by atoms with Gasteiger partial charge in [-0.25, -0.2) is 9.50 Å². The third-order valence-electron chi connectivity index (χ3n) is 5.56. The standard InChI is InChI=1S/C23H21N5O/c1-16-5-2-3-7-20(16)23(29)27-12-10-19(14-27)22-25-21-9-8-18(15-28(21)26-22)17-6-4-11-24-13-17/h2-9,11,13,15,19H,10,12,14H2,1H3/t19-/m1/s1. The predicted octanol–water partition coefficient (Wildman–Crippen LogP) is 3.73. The number of likely N-dealkylation sites (tertiary alicyclic amines) is 1. The number of rotatable bonds is 3. The number of pyridine rings is 2. The van der Waals surface area contributed by atoms with E-state index >= 15 is 0 Å². The fourth-order valence-corrected chi connectivity index (χ4v) is 3.92. The highest BCUT2D eigenvalue weighted by Gasteiger charge is 2.31. The molecule has 1 aliphatic rings. The van der Waals surface area contributed by atoms with E-state index in [0.717, 1.165) is 46.7 Å². The molecule has 1 amide bonds. The van der Waals surface area contributed by atoms with Gasteiger partial charge < -0.3 is 4.90 Å². The van der Waals surface area contributed by atoms with Crippen LogP contribution in [-0.2, 0) is 0 Å². The van der Waals surface area contributed by atoms with E-state index in [1.165, 1.54) is 0 Å². The monoisotopic (exact) mass is 383 g/mol. The lowest BCUT2D eigenvalue weighted by molar-refractivity contribution is 0.0790. The molecule has 0 radical (unpaired) electrons. The summed E-state index contributed by atoms with van der Waals surface area (Å²) in [7, 11) is 0. The summed E-state index contributed by atoms with van der Waals surface area (Å²) in [6.45, 7) is 3.36. The molecule has 4 heterocycles. The van der Waals surface area contributed by atoms with Gasteiger partial charge in [-0.3, -0.25) is 9.78 Å². The first kappa shape index (κ1) is 17.6. The van der Waals surface area contributed by atoms with Gasteiger partial charge in [0.25, 0.3) is 5.91 Å². The van der Waals surface area contributed by atoms with Crippen molar-refractivity contribution >= 4 is 11.6 Å². The van der Waals surface area contributed by atoms with E-state index in [-0.39, 0.29) is 11.8 Å². The van der Waals surface area contributed by atoms with E-state index in [1.807, 2.05) is 77.3 Å². The van der Waals surface area contributed by atoms with Crippen LogP contribution in [0, 0.1) is 6.92 Å². The Kier molecular flexibility index (Phi) is 4.31. The van der Waals surface area contributed by atoms with Gasteiger partial charge in [-0.1, -0.05) is 24.3 Å². The minimum absolute atomic E-state index is 0.0910. The molecule has 5 rings (SSSR count). The molecule has 3 aromatic heterocycles. The number of carbonyl (C=O) groups is 1. The smallest absolute Gasteiger partial charge is 0.254 e. The number of hydrogen-bond donors (Lipinski definition) is 0. The van der Waals surface area contributed by atoms with Gasteiger partial charge >= 0.3 is 0 Å². The van der Waals surface area contributed by atoms with Crippen LogP contribution < -0.4 is 0 Å². The first-order valence-corrected chi connectivity index (χ1v) is 9.81. The normalized spacial score (nSPS) is 16.4. The molecule has 4 aromatic rings. The van der Waals surface area contributed by atoms with Gasteiger partial charge in [0.2, 0.25) is 0 Å². The Morgan fingerprint density at radius 1 is 1.07 bits per heavy atom. The maximum atomic E-state index is 12.9. The Balaban J connectivity index is 1.38. The molecule has 144 valence electrons. The highest BCUT2D eigenvalue weighted by Crippen LogP contribution is 2.27. The lowest BCUT2D eigenvalue weighted by atomic mass is 10.1. The maximum Gasteiger partial charge on any atom is 0.254 e. The first-order chi connectivity index (χ1) is 14.2. The summed E-state index contributed by atoms with van der Waals surface area (Å²) >= 11 is 0. The molecule has 1 saturated heterocycles. The zero-order chi connectivity index (χ0) is 19.8. The highest BCUT2D eigenvalue weighted by atomic mass is 16.2. The molecule has 1 fully saturated rings. The summed E-state index contributed by atoms with van der Waals surface area (Å²) in [4.78, 5) is 23.7. The fraction of sp³-hybridized carbons (Fsp3) is 0.217. The van der Waals surface area contributed by atoms with Crippen molar-refractivity contribution in [3.63, 3.8) is 0 Å². The molecule has 1 aliphatic heterocycles. The molecule has 6 heteroatoms. The fourth-order valence-electron chi connectivity index (χ4n) is 3.92. The Labute approximate surface area is 168 Å². The van der Waals surface area contributed by atoms with E-state index < -0.39 is 0 Å². The zero-order valence-electron chi connectivity index (χ0n) is 16.2. The highest BCUT2D eigenvalue weighted by molar-refractivity contribution is 5.95. The number of carbonyl (C=O) groups excluding carboxylic acids is 1. The van der Waals surface area contributed by atoms with Crippen molar-refractivity contribution in [2.45, 2.75) is 19.3 Å². The first-order valence-electron chi connectivity index (χ1n) is 9.81. The summed E-state index contributed by atoms with van der Waals surface area (Å²) < 4.78 is 1.82. The van der Waals surface area contributed by atoms with Crippen molar-refractivity contribution in [3.05, 3.63) is 84.1 Å². The second kappa shape index (κ2) is 7.13. The van der Waals surface area contributed by atoms with Gasteiger partial charge in [0, 0.05) is 54.3 Å². The van der Waals surface area contributed by atoms with Crippen molar-refractivity contribution < 1.29 is 4.79 Å². The maximum absolute atomic E-state index is 12.9. The number of benzene rings is 1. The average molecular weight is 383 g/mol. The minimum Gasteiger partial charge on any atom is -0.338 e. The number of aryl methyl sites for hydroxylation is 1. The van der Waals surface area contributed by atoms with Crippen LogP contribution in [0.1, 0.15) is 34.1 Å². The number of fused-ring (bicyclic) bond motifs is 1. The van der Waals surface area contributed by atoms with Crippen LogP contribution in [0.15, 0.2) is 67.1 Å². The van der Waals surface area contributed by atoms with E-state index in [4.69, 9.17) is 10.1 Å². The van der Waals surface area contributed by atoms with Crippen molar-refractivity contribution in [1.29, 1.82) is 0 Å². The molecule has 0 saturated carbocycles. The molecule has 6 nitrogen and oxygen atoms in total. The molecule has 0 aliphatic carbocycles. The second-order valence-corrected chi connectivity index (χ2v) is 7.48. The van der Waals surface area contributed by atoms with Gasteiger partial charge in [-0.05, 0) is 43.2 Å². The van der Waals surface area contributed by atoms with Gasteiger partial charge in [0.1, 0.15) is 0 Å². The van der Waals surface area contributed by atoms with Crippen LogP contribution in [0.2, 0.25) is 0 Å². The number of nitrogens with zero attached hydrogens (tertiary/aromatic N) is 5.